The predicted octanol–water partition coefficient (Wildman–Crippen LogP) is 3.72. The molecule has 1 aliphatic carbocycles. The Labute approximate surface area is 131 Å². The van der Waals surface area contributed by atoms with Crippen molar-refractivity contribution in [1.29, 1.82) is 0 Å². The third-order valence-electron chi connectivity index (χ3n) is 5.20. The molecule has 2 saturated heterocycles. The fraction of sp³-hybridized carbons (Fsp3) is 1.00. The van der Waals surface area contributed by atoms with Crippen LogP contribution in [0.3, 0.4) is 0 Å². The standard InChI is InChI=1S/C16H28O2S2/c17-15(11-20-14-4-2-1-3-5-14)13-6-8-18-16(10-13)7-9-19-12-16/h13-15,17H,1-12H2. The predicted molar refractivity (Wildman–Crippen MR) is 88.7 cm³/mol. The Morgan fingerprint density at radius 1 is 1.25 bits per heavy atom. The van der Waals surface area contributed by atoms with Gasteiger partial charge < -0.3 is 9.84 Å². The zero-order chi connectivity index (χ0) is 13.8. The van der Waals surface area contributed by atoms with Crippen LogP contribution in [0.1, 0.15) is 51.4 Å². The van der Waals surface area contributed by atoms with Crippen molar-refractivity contribution in [2.45, 2.75) is 68.3 Å². The summed E-state index contributed by atoms with van der Waals surface area (Å²) in [5.41, 5.74) is 0.115. The summed E-state index contributed by atoms with van der Waals surface area (Å²) in [5.74, 6) is 3.79. The van der Waals surface area contributed by atoms with E-state index in [0.29, 0.717) is 5.92 Å². The van der Waals surface area contributed by atoms with Gasteiger partial charge in [0, 0.05) is 23.4 Å². The molecule has 0 amide bonds. The van der Waals surface area contributed by atoms with Gasteiger partial charge >= 0.3 is 0 Å². The molecule has 0 bridgehead atoms. The van der Waals surface area contributed by atoms with Crippen LogP contribution in [0, 0.1) is 5.92 Å². The summed E-state index contributed by atoms with van der Waals surface area (Å²) in [5, 5.41) is 11.4. The molecule has 3 unspecified atom stereocenters. The summed E-state index contributed by atoms with van der Waals surface area (Å²) in [6, 6.07) is 0. The van der Waals surface area contributed by atoms with Crippen molar-refractivity contribution in [3.8, 4) is 0 Å². The molecule has 0 aromatic rings. The molecule has 1 spiro atoms. The summed E-state index contributed by atoms with van der Waals surface area (Å²) in [6.07, 6.45) is 10.2. The SMILES string of the molecule is OC(CSC1CCCCC1)C1CCOC2(CCSC2)C1. The molecule has 0 radical (unpaired) electrons. The van der Waals surface area contributed by atoms with Crippen molar-refractivity contribution in [3.63, 3.8) is 0 Å². The maximum Gasteiger partial charge on any atom is 0.0783 e. The third kappa shape index (κ3) is 3.88. The Morgan fingerprint density at radius 2 is 2.10 bits per heavy atom. The zero-order valence-corrected chi connectivity index (χ0v) is 14.0. The quantitative estimate of drug-likeness (QED) is 0.856. The normalized spacial score (nSPS) is 37.4. The average molecular weight is 317 g/mol. The summed E-state index contributed by atoms with van der Waals surface area (Å²) in [7, 11) is 0. The number of rotatable bonds is 4. The van der Waals surface area contributed by atoms with E-state index in [0.717, 1.165) is 36.2 Å². The number of hydrogen-bond donors (Lipinski definition) is 1. The van der Waals surface area contributed by atoms with Crippen LogP contribution in [-0.2, 0) is 4.74 Å². The minimum Gasteiger partial charge on any atom is -0.392 e. The molecule has 3 rings (SSSR count). The van der Waals surface area contributed by atoms with Gasteiger partial charge in [-0.15, -0.1) is 0 Å². The summed E-state index contributed by atoms with van der Waals surface area (Å²) >= 11 is 4.05. The fourth-order valence-corrected chi connectivity index (χ4v) is 6.65. The Hall–Kier alpha value is 0.620. The van der Waals surface area contributed by atoms with Gasteiger partial charge in [-0.05, 0) is 43.8 Å². The molecule has 3 fully saturated rings. The van der Waals surface area contributed by atoms with Crippen molar-refractivity contribution in [2.24, 2.45) is 5.92 Å². The van der Waals surface area contributed by atoms with E-state index in [-0.39, 0.29) is 11.7 Å². The van der Waals surface area contributed by atoms with E-state index in [4.69, 9.17) is 4.74 Å². The van der Waals surface area contributed by atoms with Gasteiger partial charge in [0.1, 0.15) is 0 Å². The Balaban J connectivity index is 1.45. The average Bonchev–Trinajstić information content (AvgIpc) is 2.93. The molecule has 4 heteroatoms. The third-order valence-corrected chi connectivity index (χ3v) is 7.90. The van der Waals surface area contributed by atoms with E-state index >= 15 is 0 Å². The topological polar surface area (TPSA) is 29.5 Å². The number of hydrogen-bond acceptors (Lipinski definition) is 4. The molecular formula is C16H28O2S2. The number of ether oxygens (including phenoxy) is 1. The highest BCUT2D eigenvalue weighted by Gasteiger charge is 2.42. The van der Waals surface area contributed by atoms with Gasteiger partial charge in [-0.3, -0.25) is 0 Å². The Bertz CT molecular complexity index is 299. The second-order valence-electron chi connectivity index (χ2n) is 6.75. The lowest BCUT2D eigenvalue weighted by Gasteiger charge is -2.39. The van der Waals surface area contributed by atoms with E-state index in [1.54, 1.807) is 0 Å². The smallest absolute Gasteiger partial charge is 0.0783 e. The second-order valence-corrected chi connectivity index (χ2v) is 9.19. The number of aliphatic hydroxyl groups is 1. The van der Waals surface area contributed by atoms with Gasteiger partial charge in [0.2, 0.25) is 0 Å². The van der Waals surface area contributed by atoms with E-state index < -0.39 is 0 Å². The maximum atomic E-state index is 10.6. The van der Waals surface area contributed by atoms with E-state index in [1.807, 2.05) is 23.5 Å². The maximum absolute atomic E-state index is 10.6. The van der Waals surface area contributed by atoms with Crippen LogP contribution < -0.4 is 0 Å². The minimum atomic E-state index is -0.117. The van der Waals surface area contributed by atoms with Gasteiger partial charge in [0.15, 0.2) is 0 Å². The van der Waals surface area contributed by atoms with Crippen molar-refractivity contribution >= 4 is 23.5 Å². The van der Waals surface area contributed by atoms with Crippen LogP contribution in [0.4, 0.5) is 0 Å². The lowest BCUT2D eigenvalue weighted by Crippen LogP contribution is -2.43. The Morgan fingerprint density at radius 3 is 2.85 bits per heavy atom. The van der Waals surface area contributed by atoms with Crippen LogP contribution in [0.2, 0.25) is 0 Å². The first kappa shape index (κ1) is 15.5. The number of aliphatic hydroxyl groups excluding tert-OH is 1. The van der Waals surface area contributed by atoms with Crippen LogP contribution in [0.5, 0.6) is 0 Å². The van der Waals surface area contributed by atoms with Crippen molar-refractivity contribution in [1.82, 2.24) is 0 Å². The van der Waals surface area contributed by atoms with Gasteiger partial charge in [0.25, 0.3) is 0 Å². The Kier molecular flexibility index (Phi) is 5.63. The summed E-state index contributed by atoms with van der Waals surface area (Å²) in [6.45, 7) is 0.858. The van der Waals surface area contributed by atoms with Crippen LogP contribution in [0.15, 0.2) is 0 Å². The van der Waals surface area contributed by atoms with Crippen LogP contribution >= 0.6 is 23.5 Å². The highest BCUT2D eigenvalue weighted by Crippen LogP contribution is 2.42. The van der Waals surface area contributed by atoms with E-state index in [2.05, 4.69) is 0 Å². The summed E-state index contributed by atoms with van der Waals surface area (Å²) < 4.78 is 6.06. The highest BCUT2D eigenvalue weighted by atomic mass is 32.2. The molecule has 0 aromatic heterocycles. The molecule has 2 nitrogen and oxygen atoms in total. The van der Waals surface area contributed by atoms with Gasteiger partial charge in [-0.25, -0.2) is 0 Å². The van der Waals surface area contributed by atoms with Gasteiger partial charge in [0.05, 0.1) is 11.7 Å². The molecule has 3 atom stereocenters. The lowest BCUT2D eigenvalue weighted by molar-refractivity contribution is -0.0977. The molecule has 1 N–H and O–H groups in total. The zero-order valence-electron chi connectivity index (χ0n) is 12.4. The van der Waals surface area contributed by atoms with Crippen molar-refractivity contribution in [2.75, 3.05) is 23.9 Å². The number of thioether (sulfide) groups is 2. The first-order chi connectivity index (χ1) is 9.77. The molecular weight excluding hydrogens is 288 g/mol. The van der Waals surface area contributed by atoms with Crippen molar-refractivity contribution < 1.29 is 9.84 Å². The first-order valence-corrected chi connectivity index (χ1v) is 10.5. The molecule has 2 aliphatic heterocycles. The summed E-state index contributed by atoms with van der Waals surface area (Å²) in [4.78, 5) is 0. The van der Waals surface area contributed by atoms with Crippen LogP contribution in [-0.4, -0.2) is 45.9 Å². The minimum absolute atomic E-state index is 0.115. The fourth-order valence-electron chi connectivity index (χ4n) is 3.86. The lowest BCUT2D eigenvalue weighted by atomic mass is 9.83. The molecule has 2 heterocycles. The molecule has 3 aliphatic rings. The molecule has 0 aromatic carbocycles. The molecule has 1 saturated carbocycles. The molecule has 116 valence electrons. The largest absolute Gasteiger partial charge is 0.392 e. The van der Waals surface area contributed by atoms with Gasteiger partial charge in [-0.2, -0.15) is 23.5 Å². The van der Waals surface area contributed by atoms with Crippen molar-refractivity contribution in [3.05, 3.63) is 0 Å². The van der Waals surface area contributed by atoms with Gasteiger partial charge in [-0.1, -0.05) is 19.3 Å². The molecule has 20 heavy (non-hydrogen) atoms. The van der Waals surface area contributed by atoms with Crippen LogP contribution in [0.25, 0.3) is 0 Å². The monoisotopic (exact) mass is 316 g/mol. The first-order valence-electron chi connectivity index (χ1n) is 8.29. The van der Waals surface area contributed by atoms with E-state index in [1.165, 1.54) is 44.3 Å². The highest BCUT2D eigenvalue weighted by molar-refractivity contribution is 8.00. The van der Waals surface area contributed by atoms with E-state index in [9.17, 15) is 5.11 Å². The second kappa shape index (κ2) is 7.26.